The lowest BCUT2D eigenvalue weighted by Crippen LogP contribution is -2.38. The van der Waals surface area contributed by atoms with Crippen LogP contribution in [0.15, 0.2) is 17.0 Å². The van der Waals surface area contributed by atoms with Crippen molar-refractivity contribution in [2.75, 3.05) is 12.0 Å². The minimum absolute atomic E-state index is 0.181. The van der Waals surface area contributed by atoms with Gasteiger partial charge in [-0.15, -0.1) is 0 Å². The maximum Gasteiger partial charge on any atom is 0.241 e. The van der Waals surface area contributed by atoms with E-state index in [1.165, 1.54) is 0 Å². The van der Waals surface area contributed by atoms with Gasteiger partial charge in [0.2, 0.25) is 15.9 Å². The lowest BCUT2D eigenvalue weighted by molar-refractivity contribution is -0.120. The summed E-state index contributed by atoms with van der Waals surface area (Å²) in [7, 11) is -3.74. The number of hydrogen-bond acceptors (Lipinski definition) is 5. The summed E-state index contributed by atoms with van der Waals surface area (Å²) >= 11 is 0. The summed E-state index contributed by atoms with van der Waals surface area (Å²) < 4.78 is 27.0. The molecule has 1 saturated carbocycles. The molecule has 1 aromatic rings. The van der Waals surface area contributed by atoms with Crippen molar-refractivity contribution in [2.45, 2.75) is 37.6 Å². The molecular weight excluding hydrogens is 292 g/mol. The second-order valence-electron chi connectivity index (χ2n) is 5.25. The number of aryl methyl sites for hydroxylation is 2. The van der Waals surface area contributed by atoms with Gasteiger partial charge in [0.15, 0.2) is 0 Å². The van der Waals surface area contributed by atoms with E-state index in [1.807, 2.05) is 0 Å². The van der Waals surface area contributed by atoms with Crippen molar-refractivity contribution >= 4 is 21.6 Å². The Bertz CT molecular complexity index is 630. The van der Waals surface area contributed by atoms with Gasteiger partial charge in [-0.1, -0.05) is 0 Å². The smallest absolute Gasteiger partial charge is 0.241 e. The zero-order chi connectivity index (χ0) is 15.6. The summed E-state index contributed by atoms with van der Waals surface area (Å²) in [6.45, 7) is 3.12. The SMILES string of the molecule is Cc1cc(NN)cc(C)c1S(=O)(=O)NCC(=O)NC1CC1. The van der Waals surface area contributed by atoms with E-state index < -0.39 is 10.0 Å². The van der Waals surface area contributed by atoms with Crippen molar-refractivity contribution < 1.29 is 13.2 Å². The van der Waals surface area contributed by atoms with Gasteiger partial charge in [-0.3, -0.25) is 10.6 Å². The standard InChI is InChI=1S/C13H20N4O3S/c1-8-5-11(17-14)6-9(2)13(8)21(19,20)15-7-12(18)16-10-3-4-10/h5-6,10,15,17H,3-4,7,14H2,1-2H3,(H,16,18). The van der Waals surface area contributed by atoms with Crippen LogP contribution in [0.4, 0.5) is 5.69 Å². The summed E-state index contributed by atoms with van der Waals surface area (Å²) in [5.41, 5.74) is 4.26. The first-order valence-electron chi connectivity index (χ1n) is 6.70. The Morgan fingerprint density at radius 3 is 2.33 bits per heavy atom. The monoisotopic (exact) mass is 312 g/mol. The fourth-order valence-electron chi connectivity index (χ4n) is 2.20. The minimum Gasteiger partial charge on any atom is -0.352 e. The highest BCUT2D eigenvalue weighted by atomic mass is 32.2. The molecule has 21 heavy (non-hydrogen) atoms. The van der Waals surface area contributed by atoms with E-state index in [0.29, 0.717) is 16.8 Å². The van der Waals surface area contributed by atoms with Gasteiger partial charge >= 0.3 is 0 Å². The van der Waals surface area contributed by atoms with Crippen molar-refractivity contribution in [2.24, 2.45) is 5.84 Å². The van der Waals surface area contributed by atoms with E-state index >= 15 is 0 Å². The Kier molecular flexibility index (Phi) is 4.50. The summed E-state index contributed by atoms with van der Waals surface area (Å²) in [5, 5.41) is 2.73. The number of nitrogens with one attached hydrogen (secondary N) is 3. The summed E-state index contributed by atoms with van der Waals surface area (Å²) in [5.74, 6) is 5.02. The molecule has 0 spiro atoms. The minimum atomic E-state index is -3.74. The van der Waals surface area contributed by atoms with E-state index in [1.54, 1.807) is 26.0 Å². The van der Waals surface area contributed by atoms with Crippen LogP contribution >= 0.6 is 0 Å². The van der Waals surface area contributed by atoms with Gasteiger partial charge in [0, 0.05) is 11.7 Å². The van der Waals surface area contributed by atoms with Crippen molar-refractivity contribution in [1.29, 1.82) is 0 Å². The van der Waals surface area contributed by atoms with Gasteiger partial charge in [-0.2, -0.15) is 0 Å². The number of amides is 1. The quantitative estimate of drug-likeness (QED) is 0.441. The van der Waals surface area contributed by atoms with Crippen molar-refractivity contribution in [1.82, 2.24) is 10.0 Å². The lowest BCUT2D eigenvalue weighted by atomic mass is 10.1. The van der Waals surface area contributed by atoms with Gasteiger partial charge < -0.3 is 10.7 Å². The third kappa shape index (κ3) is 3.93. The van der Waals surface area contributed by atoms with E-state index in [-0.39, 0.29) is 23.4 Å². The molecule has 1 aliphatic rings. The normalized spacial score (nSPS) is 14.8. The number of anilines is 1. The van der Waals surface area contributed by atoms with Gasteiger partial charge in [-0.25, -0.2) is 13.1 Å². The molecule has 0 heterocycles. The molecule has 8 heteroatoms. The fourth-order valence-corrected chi connectivity index (χ4v) is 3.63. The predicted molar refractivity (Wildman–Crippen MR) is 80.1 cm³/mol. The van der Waals surface area contributed by atoms with Crippen LogP contribution in [0.25, 0.3) is 0 Å². The second-order valence-corrected chi connectivity index (χ2v) is 6.95. The van der Waals surface area contributed by atoms with E-state index in [9.17, 15) is 13.2 Å². The Hall–Kier alpha value is -1.64. The highest BCUT2D eigenvalue weighted by molar-refractivity contribution is 7.89. The molecule has 0 bridgehead atoms. The Balaban J connectivity index is 2.13. The van der Waals surface area contributed by atoms with Crippen LogP contribution in [-0.2, 0) is 14.8 Å². The molecule has 0 unspecified atom stereocenters. The average Bonchev–Trinajstić information content (AvgIpc) is 3.19. The van der Waals surface area contributed by atoms with Gasteiger partial charge in [-0.05, 0) is 49.9 Å². The van der Waals surface area contributed by atoms with Crippen molar-refractivity contribution in [3.05, 3.63) is 23.3 Å². The number of rotatable bonds is 6. The largest absolute Gasteiger partial charge is 0.352 e. The fraction of sp³-hybridized carbons (Fsp3) is 0.462. The summed E-state index contributed by atoms with van der Waals surface area (Å²) in [4.78, 5) is 11.8. The summed E-state index contributed by atoms with van der Waals surface area (Å²) in [6.07, 6.45) is 1.93. The zero-order valence-corrected chi connectivity index (χ0v) is 12.9. The topological polar surface area (TPSA) is 113 Å². The molecule has 0 radical (unpaired) electrons. The molecule has 7 nitrogen and oxygen atoms in total. The van der Waals surface area contributed by atoms with Gasteiger partial charge in [0.25, 0.3) is 0 Å². The highest BCUT2D eigenvalue weighted by Crippen LogP contribution is 2.24. The van der Waals surface area contributed by atoms with Crippen molar-refractivity contribution in [3.8, 4) is 0 Å². The molecule has 1 fully saturated rings. The molecule has 1 aliphatic carbocycles. The molecule has 0 aliphatic heterocycles. The number of nitrogens with two attached hydrogens (primary N) is 1. The van der Waals surface area contributed by atoms with Crippen LogP contribution in [0.3, 0.4) is 0 Å². The van der Waals surface area contributed by atoms with E-state index in [4.69, 9.17) is 5.84 Å². The van der Waals surface area contributed by atoms with Crippen LogP contribution < -0.4 is 21.3 Å². The molecule has 0 saturated heterocycles. The first kappa shape index (κ1) is 15.7. The Labute approximate surface area is 124 Å². The summed E-state index contributed by atoms with van der Waals surface area (Å²) in [6, 6.07) is 3.50. The Morgan fingerprint density at radius 2 is 1.86 bits per heavy atom. The molecule has 116 valence electrons. The van der Waals surface area contributed by atoms with Crippen molar-refractivity contribution in [3.63, 3.8) is 0 Å². The first-order chi connectivity index (χ1) is 9.83. The van der Waals surface area contributed by atoms with Crippen LogP contribution in [0.5, 0.6) is 0 Å². The van der Waals surface area contributed by atoms with Gasteiger partial charge in [0.1, 0.15) is 0 Å². The number of carbonyl (C=O) groups excluding carboxylic acids is 1. The molecule has 2 rings (SSSR count). The third-order valence-electron chi connectivity index (χ3n) is 3.26. The molecule has 5 N–H and O–H groups in total. The number of benzene rings is 1. The third-order valence-corrected chi connectivity index (χ3v) is 4.97. The van der Waals surface area contributed by atoms with Crippen LogP contribution in [0, 0.1) is 13.8 Å². The van der Waals surface area contributed by atoms with E-state index in [2.05, 4.69) is 15.5 Å². The predicted octanol–water partition coefficient (Wildman–Crippen LogP) is 0.146. The number of sulfonamides is 1. The van der Waals surface area contributed by atoms with E-state index in [0.717, 1.165) is 12.8 Å². The molecule has 0 atom stereocenters. The maximum atomic E-state index is 12.3. The first-order valence-corrected chi connectivity index (χ1v) is 8.18. The average molecular weight is 312 g/mol. The molecular formula is C13H20N4O3S. The van der Waals surface area contributed by atoms with Crippen LogP contribution in [0.2, 0.25) is 0 Å². The van der Waals surface area contributed by atoms with Crippen LogP contribution in [-0.4, -0.2) is 26.9 Å². The van der Waals surface area contributed by atoms with Gasteiger partial charge in [0.05, 0.1) is 11.4 Å². The molecule has 0 aromatic heterocycles. The number of hydrazine groups is 1. The maximum absolute atomic E-state index is 12.3. The second kappa shape index (κ2) is 6.00. The number of carbonyl (C=O) groups is 1. The number of nitrogen functional groups attached to an aromatic ring is 1. The molecule has 1 aromatic carbocycles. The zero-order valence-electron chi connectivity index (χ0n) is 12.1. The number of hydrogen-bond donors (Lipinski definition) is 4. The Morgan fingerprint density at radius 1 is 1.29 bits per heavy atom. The highest BCUT2D eigenvalue weighted by Gasteiger charge is 2.25. The lowest BCUT2D eigenvalue weighted by Gasteiger charge is -2.14. The van der Waals surface area contributed by atoms with Crippen LogP contribution in [0.1, 0.15) is 24.0 Å². The molecule has 1 amide bonds.